The summed E-state index contributed by atoms with van der Waals surface area (Å²) in [7, 11) is 1.51. The van der Waals surface area contributed by atoms with Crippen LogP contribution in [0.15, 0.2) is 0 Å². The molecule has 1 aliphatic carbocycles. The Balaban J connectivity index is 3.04. The molecular weight excluding hydrogens is 218 g/mol. The molecule has 1 fully saturated rings. The number of hydrogen-bond donors (Lipinski definition) is 2. The zero-order valence-electron chi connectivity index (χ0n) is 11.0. The van der Waals surface area contributed by atoms with Crippen LogP contribution in [0.5, 0.6) is 0 Å². The van der Waals surface area contributed by atoms with E-state index in [9.17, 15) is 14.7 Å². The van der Waals surface area contributed by atoms with Gasteiger partial charge < -0.3 is 10.4 Å². The normalized spacial score (nSPS) is 28.2. The molecule has 1 saturated carbocycles. The highest BCUT2D eigenvalue weighted by molar-refractivity contribution is 6.01. The average molecular weight is 241 g/mol. The standard InChI is InChI=1S/C13H23NO3/c1-4-9-7-5-6-8-10(9)13(2,12(16)17)11(15)14-3/h9-10H,4-8H2,1-3H3,(H,14,15)(H,16,17). The third-order valence-corrected chi connectivity index (χ3v) is 4.32. The summed E-state index contributed by atoms with van der Waals surface area (Å²) in [6.45, 7) is 3.65. The van der Waals surface area contributed by atoms with Gasteiger partial charge in [-0.2, -0.15) is 0 Å². The molecule has 0 heterocycles. The number of hydrogen-bond acceptors (Lipinski definition) is 2. The minimum Gasteiger partial charge on any atom is -0.480 e. The number of aliphatic carboxylic acids is 1. The van der Waals surface area contributed by atoms with Gasteiger partial charge in [-0.05, 0) is 25.2 Å². The van der Waals surface area contributed by atoms with Crippen LogP contribution in [0, 0.1) is 17.3 Å². The molecule has 0 spiro atoms. The highest BCUT2D eigenvalue weighted by Crippen LogP contribution is 2.44. The molecule has 0 aliphatic heterocycles. The van der Waals surface area contributed by atoms with Gasteiger partial charge >= 0.3 is 5.97 Å². The number of carbonyl (C=O) groups excluding carboxylic acids is 1. The van der Waals surface area contributed by atoms with E-state index in [-0.39, 0.29) is 11.8 Å². The van der Waals surface area contributed by atoms with E-state index in [1.165, 1.54) is 7.05 Å². The van der Waals surface area contributed by atoms with Crippen molar-refractivity contribution in [2.24, 2.45) is 17.3 Å². The smallest absolute Gasteiger partial charge is 0.319 e. The second kappa shape index (κ2) is 5.52. The van der Waals surface area contributed by atoms with Crippen LogP contribution in [0.25, 0.3) is 0 Å². The molecule has 3 atom stereocenters. The van der Waals surface area contributed by atoms with E-state index in [2.05, 4.69) is 12.2 Å². The third kappa shape index (κ3) is 2.45. The summed E-state index contributed by atoms with van der Waals surface area (Å²) < 4.78 is 0. The highest BCUT2D eigenvalue weighted by Gasteiger charge is 2.50. The van der Waals surface area contributed by atoms with Gasteiger partial charge in [0.15, 0.2) is 0 Å². The number of nitrogens with one attached hydrogen (secondary N) is 1. The molecule has 0 aromatic heterocycles. The van der Waals surface area contributed by atoms with E-state index < -0.39 is 11.4 Å². The van der Waals surface area contributed by atoms with Crippen molar-refractivity contribution >= 4 is 11.9 Å². The van der Waals surface area contributed by atoms with Crippen LogP contribution in [0.3, 0.4) is 0 Å². The van der Waals surface area contributed by atoms with E-state index in [1.54, 1.807) is 6.92 Å². The Kier molecular flexibility index (Phi) is 4.54. The molecule has 4 nitrogen and oxygen atoms in total. The van der Waals surface area contributed by atoms with Crippen molar-refractivity contribution in [2.45, 2.75) is 46.0 Å². The van der Waals surface area contributed by atoms with Crippen molar-refractivity contribution < 1.29 is 14.7 Å². The fraction of sp³-hybridized carbons (Fsp3) is 0.846. The molecule has 0 bridgehead atoms. The summed E-state index contributed by atoms with van der Waals surface area (Å²) in [5, 5.41) is 11.9. The molecule has 0 radical (unpaired) electrons. The van der Waals surface area contributed by atoms with Gasteiger partial charge in [0.1, 0.15) is 5.41 Å². The van der Waals surface area contributed by atoms with E-state index in [0.29, 0.717) is 5.92 Å². The van der Waals surface area contributed by atoms with Crippen LogP contribution in [0.2, 0.25) is 0 Å². The van der Waals surface area contributed by atoms with Crippen LogP contribution >= 0.6 is 0 Å². The van der Waals surface area contributed by atoms with E-state index in [1.807, 2.05) is 0 Å². The quantitative estimate of drug-likeness (QED) is 0.740. The first-order chi connectivity index (χ1) is 7.98. The van der Waals surface area contributed by atoms with Crippen molar-refractivity contribution in [3.05, 3.63) is 0 Å². The summed E-state index contributed by atoms with van der Waals surface area (Å²) in [5.41, 5.74) is -1.28. The van der Waals surface area contributed by atoms with Gasteiger partial charge in [-0.15, -0.1) is 0 Å². The Hall–Kier alpha value is -1.06. The summed E-state index contributed by atoms with van der Waals surface area (Å²) in [6.07, 6.45) is 5.01. The topological polar surface area (TPSA) is 66.4 Å². The monoisotopic (exact) mass is 241 g/mol. The summed E-state index contributed by atoms with van der Waals surface area (Å²) in [4.78, 5) is 23.5. The van der Waals surface area contributed by atoms with Crippen LogP contribution in [-0.4, -0.2) is 24.0 Å². The maximum absolute atomic E-state index is 11.9. The van der Waals surface area contributed by atoms with Crippen LogP contribution in [0.4, 0.5) is 0 Å². The molecule has 1 aliphatic rings. The summed E-state index contributed by atoms with van der Waals surface area (Å²) >= 11 is 0. The highest BCUT2D eigenvalue weighted by atomic mass is 16.4. The van der Waals surface area contributed by atoms with Crippen molar-refractivity contribution in [1.82, 2.24) is 5.32 Å². The molecule has 17 heavy (non-hydrogen) atoms. The maximum atomic E-state index is 11.9. The Morgan fingerprint density at radius 3 is 2.41 bits per heavy atom. The number of carboxylic acids is 1. The molecule has 2 N–H and O–H groups in total. The van der Waals surface area contributed by atoms with Crippen molar-refractivity contribution in [2.75, 3.05) is 7.05 Å². The molecule has 4 heteroatoms. The molecule has 1 rings (SSSR count). The molecule has 1 amide bonds. The first-order valence-electron chi connectivity index (χ1n) is 6.44. The minimum absolute atomic E-state index is 0.0429. The first kappa shape index (κ1) is 14.0. The molecule has 0 saturated heterocycles. The number of amides is 1. The fourth-order valence-electron chi connectivity index (χ4n) is 3.14. The number of carbonyl (C=O) groups is 2. The largest absolute Gasteiger partial charge is 0.480 e. The molecular formula is C13H23NO3. The van der Waals surface area contributed by atoms with Crippen LogP contribution in [-0.2, 0) is 9.59 Å². The van der Waals surface area contributed by atoms with Crippen molar-refractivity contribution in [1.29, 1.82) is 0 Å². The lowest BCUT2D eigenvalue weighted by Gasteiger charge is -2.40. The Labute approximate surface area is 103 Å². The molecule has 98 valence electrons. The van der Waals surface area contributed by atoms with Gasteiger partial charge in [0.05, 0.1) is 0 Å². The minimum atomic E-state index is -1.28. The lowest BCUT2D eigenvalue weighted by Crippen LogP contribution is -2.51. The van der Waals surface area contributed by atoms with Crippen LogP contribution in [0.1, 0.15) is 46.0 Å². The zero-order valence-corrected chi connectivity index (χ0v) is 11.0. The SMILES string of the molecule is CCC1CCCCC1C(C)(C(=O)O)C(=O)NC. The molecule has 0 aromatic carbocycles. The lowest BCUT2D eigenvalue weighted by atomic mass is 9.63. The van der Waals surface area contributed by atoms with Crippen LogP contribution < -0.4 is 5.32 Å². The number of carboxylic acid groups (broad SMARTS) is 1. The van der Waals surface area contributed by atoms with Crippen molar-refractivity contribution in [3.63, 3.8) is 0 Å². The van der Waals surface area contributed by atoms with Gasteiger partial charge in [0.2, 0.25) is 5.91 Å². The lowest BCUT2D eigenvalue weighted by molar-refractivity contribution is -0.161. The number of rotatable bonds is 4. The Bertz CT molecular complexity index is 303. The summed E-state index contributed by atoms with van der Waals surface area (Å²) in [5.74, 6) is -1.06. The second-order valence-corrected chi connectivity index (χ2v) is 5.15. The van der Waals surface area contributed by atoms with Gasteiger partial charge in [0.25, 0.3) is 0 Å². The third-order valence-electron chi connectivity index (χ3n) is 4.32. The van der Waals surface area contributed by atoms with E-state index >= 15 is 0 Å². The fourth-order valence-corrected chi connectivity index (χ4v) is 3.14. The van der Waals surface area contributed by atoms with Gasteiger partial charge in [0, 0.05) is 7.05 Å². The van der Waals surface area contributed by atoms with Gasteiger partial charge in [-0.25, -0.2) is 0 Å². The predicted octanol–water partition coefficient (Wildman–Crippen LogP) is 2.04. The van der Waals surface area contributed by atoms with E-state index in [4.69, 9.17) is 0 Å². The average Bonchev–Trinajstić information content (AvgIpc) is 2.36. The Morgan fingerprint density at radius 2 is 1.94 bits per heavy atom. The molecule has 3 unspecified atom stereocenters. The summed E-state index contributed by atoms with van der Waals surface area (Å²) in [6, 6.07) is 0. The second-order valence-electron chi connectivity index (χ2n) is 5.15. The van der Waals surface area contributed by atoms with Gasteiger partial charge in [-0.3, -0.25) is 9.59 Å². The maximum Gasteiger partial charge on any atom is 0.319 e. The zero-order chi connectivity index (χ0) is 13.1. The van der Waals surface area contributed by atoms with Crippen molar-refractivity contribution in [3.8, 4) is 0 Å². The van der Waals surface area contributed by atoms with E-state index in [0.717, 1.165) is 32.1 Å². The Morgan fingerprint density at radius 1 is 1.35 bits per heavy atom. The predicted molar refractivity (Wildman–Crippen MR) is 65.5 cm³/mol. The van der Waals surface area contributed by atoms with Gasteiger partial charge in [-0.1, -0.05) is 32.6 Å². The first-order valence-corrected chi connectivity index (χ1v) is 6.44. The molecule has 0 aromatic rings.